The smallest absolute Gasteiger partial charge is 0.234 e. The largest absolute Gasteiger partial charge is 0.269 e. The van der Waals surface area contributed by atoms with Crippen LogP contribution in [0.1, 0.15) is 6.42 Å². The molecule has 0 fully saturated rings. The summed E-state index contributed by atoms with van der Waals surface area (Å²) in [5.41, 5.74) is 0. The summed E-state index contributed by atoms with van der Waals surface area (Å²) < 4.78 is 28.4. The van der Waals surface area contributed by atoms with E-state index in [1.165, 1.54) is 16.7 Å². The summed E-state index contributed by atoms with van der Waals surface area (Å²) in [4.78, 5) is 4.01. The Morgan fingerprint density at radius 1 is 1.32 bits per heavy atom. The minimum Gasteiger partial charge on any atom is -0.234 e. The Morgan fingerprint density at radius 3 is 2.79 bits per heavy atom. The molecule has 1 aliphatic rings. The summed E-state index contributed by atoms with van der Waals surface area (Å²) in [5, 5.41) is 3.98. The van der Waals surface area contributed by atoms with Crippen molar-refractivity contribution in [2.24, 2.45) is 0 Å². The summed E-state index contributed by atoms with van der Waals surface area (Å²) in [6.07, 6.45) is 2.01. The second-order valence-corrected chi connectivity index (χ2v) is 8.02. The Bertz CT molecular complexity index is 724. The number of rotatable bonds is 2. The van der Waals surface area contributed by atoms with Crippen LogP contribution < -0.4 is 4.31 Å². The topological polar surface area (TPSA) is 68.1 Å². The monoisotopic (exact) mass is 338 g/mol. The van der Waals surface area contributed by atoms with Gasteiger partial charge in [0.25, 0.3) is 10.0 Å². The van der Waals surface area contributed by atoms with Gasteiger partial charge >= 0.3 is 0 Å². The van der Waals surface area contributed by atoms with Gasteiger partial charge in [-0.15, -0.1) is 11.3 Å². The molecule has 0 saturated carbocycles. The van der Waals surface area contributed by atoms with Crippen LogP contribution in [0.25, 0.3) is 0 Å². The number of sulfonamides is 1. The van der Waals surface area contributed by atoms with Crippen LogP contribution in [0.2, 0.25) is 8.67 Å². The van der Waals surface area contributed by atoms with Crippen molar-refractivity contribution < 1.29 is 8.42 Å². The predicted molar refractivity (Wildman–Crippen MR) is 73.5 cm³/mol. The van der Waals surface area contributed by atoms with Gasteiger partial charge in [0, 0.05) is 13.1 Å². The zero-order valence-electron chi connectivity index (χ0n) is 9.45. The molecule has 2 aromatic rings. The van der Waals surface area contributed by atoms with E-state index in [2.05, 4.69) is 10.1 Å². The van der Waals surface area contributed by atoms with E-state index in [-0.39, 0.29) is 9.23 Å². The third-order valence-corrected chi connectivity index (χ3v) is 6.28. The van der Waals surface area contributed by atoms with E-state index >= 15 is 0 Å². The van der Waals surface area contributed by atoms with Crippen molar-refractivity contribution >= 4 is 50.5 Å². The third kappa shape index (κ3) is 2.12. The fraction of sp³-hybridized carbons (Fsp3) is 0.333. The van der Waals surface area contributed by atoms with E-state index in [0.29, 0.717) is 29.8 Å². The average Bonchev–Trinajstić information content (AvgIpc) is 2.94. The molecule has 0 amide bonds. The Balaban J connectivity index is 2.10. The molecule has 1 aliphatic heterocycles. The number of hydrogen-bond donors (Lipinski definition) is 0. The van der Waals surface area contributed by atoms with Crippen molar-refractivity contribution in [2.45, 2.75) is 17.9 Å². The molecule has 0 saturated heterocycles. The molecule has 6 nitrogen and oxygen atoms in total. The van der Waals surface area contributed by atoms with Gasteiger partial charge in [-0.25, -0.2) is 17.4 Å². The van der Waals surface area contributed by atoms with Crippen LogP contribution in [0, 0.1) is 0 Å². The van der Waals surface area contributed by atoms with E-state index in [4.69, 9.17) is 23.2 Å². The second kappa shape index (κ2) is 4.62. The molecule has 3 rings (SSSR count). The van der Waals surface area contributed by atoms with Gasteiger partial charge in [0.2, 0.25) is 5.95 Å². The summed E-state index contributed by atoms with van der Waals surface area (Å²) >= 11 is 12.8. The fourth-order valence-corrected chi connectivity index (χ4v) is 5.50. The van der Waals surface area contributed by atoms with Crippen LogP contribution in [-0.2, 0) is 16.6 Å². The Hall–Kier alpha value is -0.830. The zero-order valence-corrected chi connectivity index (χ0v) is 12.6. The highest BCUT2D eigenvalue weighted by Gasteiger charge is 2.33. The first-order valence-corrected chi connectivity index (χ1v) is 8.37. The molecule has 10 heteroatoms. The number of halogens is 2. The normalized spacial score (nSPS) is 15.6. The number of aryl methyl sites for hydroxylation is 1. The number of fused-ring (bicyclic) bond motifs is 1. The van der Waals surface area contributed by atoms with Gasteiger partial charge in [0.05, 0.1) is 4.34 Å². The lowest BCUT2D eigenvalue weighted by Gasteiger charge is -2.26. The minimum atomic E-state index is -3.75. The van der Waals surface area contributed by atoms with Crippen LogP contribution in [0.5, 0.6) is 0 Å². The Kier molecular flexibility index (Phi) is 3.20. The molecule has 19 heavy (non-hydrogen) atoms. The highest BCUT2D eigenvalue weighted by Crippen LogP contribution is 2.37. The van der Waals surface area contributed by atoms with Crippen LogP contribution >= 0.6 is 34.5 Å². The predicted octanol–water partition coefficient (Wildman–Crippen LogP) is 2.25. The molecule has 0 bridgehead atoms. The molecule has 0 unspecified atom stereocenters. The van der Waals surface area contributed by atoms with E-state index in [1.807, 2.05) is 0 Å². The van der Waals surface area contributed by atoms with Crippen molar-refractivity contribution in [2.75, 3.05) is 10.8 Å². The lowest BCUT2D eigenvalue weighted by molar-refractivity contribution is 0.529. The number of aromatic nitrogens is 3. The average molecular weight is 339 g/mol. The number of nitrogens with zero attached hydrogens (tertiary/aromatic N) is 4. The molecule has 0 atom stereocenters. The Morgan fingerprint density at radius 2 is 2.11 bits per heavy atom. The first-order chi connectivity index (χ1) is 9.00. The molecular formula is C9H8Cl2N4O2S2. The number of anilines is 1. The van der Waals surface area contributed by atoms with Crippen molar-refractivity contribution in [1.29, 1.82) is 0 Å². The summed E-state index contributed by atoms with van der Waals surface area (Å²) in [6.45, 7) is 1.00. The Labute approximate surface area is 123 Å². The fourth-order valence-electron chi connectivity index (χ4n) is 1.92. The van der Waals surface area contributed by atoms with Gasteiger partial charge in [0.15, 0.2) is 0 Å². The van der Waals surface area contributed by atoms with Gasteiger partial charge in [0.1, 0.15) is 15.6 Å². The van der Waals surface area contributed by atoms with Gasteiger partial charge in [-0.05, 0) is 12.5 Å². The SMILES string of the molecule is O=S(=O)(c1cc(Cl)sc1Cl)N1CCCn2ncnc21. The molecule has 0 spiro atoms. The van der Waals surface area contributed by atoms with Crippen molar-refractivity contribution in [1.82, 2.24) is 14.8 Å². The quantitative estimate of drug-likeness (QED) is 0.842. The minimum absolute atomic E-state index is 0.0145. The van der Waals surface area contributed by atoms with Gasteiger partial charge < -0.3 is 0 Å². The van der Waals surface area contributed by atoms with Crippen LogP contribution in [-0.4, -0.2) is 29.7 Å². The van der Waals surface area contributed by atoms with E-state index in [9.17, 15) is 8.42 Å². The van der Waals surface area contributed by atoms with E-state index in [1.54, 1.807) is 4.68 Å². The molecular weight excluding hydrogens is 331 g/mol. The van der Waals surface area contributed by atoms with Crippen molar-refractivity contribution in [3.05, 3.63) is 21.1 Å². The molecule has 2 aromatic heterocycles. The first kappa shape index (κ1) is 13.2. The summed E-state index contributed by atoms with van der Waals surface area (Å²) in [6, 6.07) is 1.36. The van der Waals surface area contributed by atoms with Gasteiger partial charge in [-0.3, -0.25) is 0 Å². The van der Waals surface area contributed by atoms with Crippen molar-refractivity contribution in [3.63, 3.8) is 0 Å². The van der Waals surface area contributed by atoms with Crippen molar-refractivity contribution in [3.8, 4) is 0 Å². The molecule has 0 radical (unpaired) electrons. The molecule has 0 aliphatic carbocycles. The van der Waals surface area contributed by atoms with Gasteiger partial charge in [-0.2, -0.15) is 10.1 Å². The maximum Gasteiger partial charge on any atom is 0.269 e. The molecule has 0 N–H and O–H groups in total. The maximum atomic E-state index is 12.6. The summed E-state index contributed by atoms with van der Waals surface area (Å²) in [5.74, 6) is 0.310. The highest BCUT2D eigenvalue weighted by atomic mass is 35.5. The summed E-state index contributed by atoms with van der Waals surface area (Å²) in [7, 11) is -3.75. The molecule has 102 valence electrons. The standard InChI is InChI=1S/C9H8Cl2N4O2S2/c10-7-4-6(8(11)18-7)19(16,17)15-3-1-2-14-9(15)12-5-13-14/h4-5H,1-3H2. The van der Waals surface area contributed by atoms with Crippen LogP contribution in [0.15, 0.2) is 17.3 Å². The lowest BCUT2D eigenvalue weighted by Crippen LogP contribution is -2.38. The maximum absolute atomic E-state index is 12.6. The highest BCUT2D eigenvalue weighted by molar-refractivity contribution is 7.93. The number of hydrogen-bond acceptors (Lipinski definition) is 5. The third-order valence-electron chi connectivity index (χ3n) is 2.74. The molecule has 0 aromatic carbocycles. The first-order valence-electron chi connectivity index (χ1n) is 5.35. The molecule has 3 heterocycles. The van der Waals surface area contributed by atoms with E-state index in [0.717, 1.165) is 11.3 Å². The van der Waals surface area contributed by atoms with Crippen LogP contribution in [0.3, 0.4) is 0 Å². The van der Waals surface area contributed by atoms with Crippen LogP contribution in [0.4, 0.5) is 5.95 Å². The number of thiophene rings is 1. The second-order valence-electron chi connectivity index (χ2n) is 3.90. The zero-order chi connectivity index (χ0) is 13.6. The van der Waals surface area contributed by atoms with Gasteiger partial charge in [-0.1, -0.05) is 23.2 Å². The lowest BCUT2D eigenvalue weighted by atomic mass is 10.4. The van der Waals surface area contributed by atoms with E-state index < -0.39 is 10.0 Å².